The van der Waals surface area contributed by atoms with E-state index < -0.39 is 10.0 Å². The Kier molecular flexibility index (Phi) is 6.74. The molecule has 0 saturated carbocycles. The molecule has 1 aliphatic rings. The predicted molar refractivity (Wildman–Crippen MR) is 98.1 cm³/mol. The Labute approximate surface area is 154 Å². The van der Waals surface area contributed by atoms with E-state index in [2.05, 4.69) is 5.32 Å². The van der Waals surface area contributed by atoms with Crippen LogP contribution < -0.4 is 11.1 Å². The fourth-order valence-electron chi connectivity index (χ4n) is 2.69. The summed E-state index contributed by atoms with van der Waals surface area (Å²) in [5, 5.41) is 2.75. The van der Waals surface area contributed by atoms with Crippen LogP contribution >= 0.6 is 0 Å². The number of hydrogen-bond donors (Lipinski definition) is 2. The fraction of sp³-hybridized carbons (Fsp3) is 0.529. The zero-order valence-electron chi connectivity index (χ0n) is 15.1. The number of sulfonamides is 1. The van der Waals surface area contributed by atoms with Crippen molar-refractivity contribution in [2.45, 2.75) is 31.2 Å². The molecule has 0 aromatic heterocycles. The predicted octanol–water partition coefficient (Wildman–Crippen LogP) is 0.00650. The summed E-state index contributed by atoms with van der Waals surface area (Å²) in [6.45, 7) is 5.10. The minimum atomic E-state index is -3.63. The number of piperazine rings is 1. The molecule has 0 aliphatic carbocycles. The second-order valence-electron chi connectivity index (χ2n) is 6.46. The van der Waals surface area contributed by atoms with Crippen LogP contribution in [0.25, 0.3) is 0 Å². The number of carbonyl (C=O) groups is 2. The highest BCUT2D eigenvalue weighted by Crippen LogP contribution is 2.18. The highest BCUT2D eigenvalue weighted by Gasteiger charge is 2.29. The number of nitrogens with zero attached hydrogens (tertiary/aromatic N) is 2. The molecule has 2 amide bonds. The largest absolute Gasteiger partial charge is 0.352 e. The van der Waals surface area contributed by atoms with Gasteiger partial charge in [-0.1, -0.05) is 0 Å². The molecule has 1 aliphatic heterocycles. The van der Waals surface area contributed by atoms with Crippen LogP contribution in [0.4, 0.5) is 0 Å². The summed E-state index contributed by atoms with van der Waals surface area (Å²) in [5.41, 5.74) is 6.03. The lowest BCUT2D eigenvalue weighted by Gasteiger charge is -2.33. The van der Waals surface area contributed by atoms with Gasteiger partial charge < -0.3 is 16.0 Å². The molecule has 1 aromatic carbocycles. The van der Waals surface area contributed by atoms with Gasteiger partial charge in [0.15, 0.2) is 0 Å². The Morgan fingerprint density at radius 1 is 1.15 bits per heavy atom. The number of amides is 2. The van der Waals surface area contributed by atoms with E-state index in [0.717, 1.165) is 0 Å². The lowest BCUT2D eigenvalue weighted by atomic mass is 10.2. The van der Waals surface area contributed by atoms with E-state index in [1.807, 2.05) is 6.92 Å². The maximum atomic E-state index is 12.7. The molecule has 2 rings (SSSR count). The van der Waals surface area contributed by atoms with Crippen molar-refractivity contribution < 1.29 is 18.0 Å². The lowest BCUT2D eigenvalue weighted by Crippen LogP contribution is -2.49. The van der Waals surface area contributed by atoms with Crippen molar-refractivity contribution >= 4 is 21.8 Å². The number of hydrogen-bond acceptors (Lipinski definition) is 5. The summed E-state index contributed by atoms with van der Waals surface area (Å²) in [7, 11) is -3.63. The first-order valence-electron chi connectivity index (χ1n) is 8.61. The van der Waals surface area contributed by atoms with Gasteiger partial charge in [-0.25, -0.2) is 8.42 Å². The molecule has 1 heterocycles. The van der Waals surface area contributed by atoms with Crippen molar-refractivity contribution in [1.29, 1.82) is 0 Å². The second-order valence-corrected chi connectivity index (χ2v) is 8.39. The number of benzene rings is 1. The van der Waals surface area contributed by atoms with Gasteiger partial charge in [0.05, 0.1) is 4.90 Å². The molecule has 0 spiro atoms. The van der Waals surface area contributed by atoms with Gasteiger partial charge in [-0.2, -0.15) is 4.31 Å². The number of carbonyl (C=O) groups excluding carboxylic acids is 2. The van der Waals surface area contributed by atoms with Crippen LogP contribution in [0.15, 0.2) is 29.2 Å². The van der Waals surface area contributed by atoms with E-state index in [9.17, 15) is 18.0 Å². The fourth-order valence-corrected chi connectivity index (χ4v) is 4.11. The first-order chi connectivity index (χ1) is 12.2. The molecule has 3 N–H and O–H groups in total. The molecule has 9 heteroatoms. The van der Waals surface area contributed by atoms with Crippen molar-refractivity contribution in [3.05, 3.63) is 29.8 Å². The first-order valence-corrected chi connectivity index (χ1v) is 10.1. The molecule has 1 fully saturated rings. The van der Waals surface area contributed by atoms with Crippen LogP contribution in [-0.2, 0) is 14.8 Å². The van der Waals surface area contributed by atoms with Crippen LogP contribution in [0, 0.1) is 0 Å². The normalized spacial score (nSPS) is 17.0. The number of nitrogens with two attached hydrogens (primary N) is 1. The smallest absolute Gasteiger partial charge is 0.251 e. The third kappa shape index (κ3) is 5.03. The van der Waals surface area contributed by atoms with Crippen LogP contribution in [0.1, 0.15) is 30.6 Å². The van der Waals surface area contributed by atoms with Crippen molar-refractivity contribution in [1.82, 2.24) is 14.5 Å². The van der Waals surface area contributed by atoms with E-state index >= 15 is 0 Å². The van der Waals surface area contributed by atoms with E-state index in [0.29, 0.717) is 31.6 Å². The monoisotopic (exact) mass is 382 g/mol. The number of nitrogens with one attached hydrogen (secondary N) is 1. The Bertz CT molecular complexity index is 739. The molecular weight excluding hydrogens is 356 g/mol. The van der Waals surface area contributed by atoms with E-state index in [1.54, 1.807) is 4.90 Å². The van der Waals surface area contributed by atoms with E-state index in [-0.39, 0.29) is 35.8 Å². The maximum Gasteiger partial charge on any atom is 0.251 e. The highest BCUT2D eigenvalue weighted by molar-refractivity contribution is 7.89. The van der Waals surface area contributed by atoms with Crippen LogP contribution in [0.3, 0.4) is 0 Å². The maximum absolute atomic E-state index is 12.7. The van der Waals surface area contributed by atoms with Gasteiger partial charge >= 0.3 is 0 Å². The Morgan fingerprint density at radius 3 is 2.23 bits per heavy atom. The summed E-state index contributed by atoms with van der Waals surface area (Å²) in [6.07, 6.45) is 0.671. The molecule has 0 radical (unpaired) electrons. The SMILES string of the molecule is CC(=O)N1CCN(S(=O)(=O)c2ccc(C(=O)NCCC(C)N)cc2)CC1. The van der Waals surface area contributed by atoms with Crippen LogP contribution in [0.2, 0.25) is 0 Å². The molecule has 1 saturated heterocycles. The second kappa shape index (κ2) is 8.61. The van der Waals surface area contributed by atoms with Gasteiger partial charge in [0.2, 0.25) is 15.9 Å². The summed E-state index contributed by atoms with van der Waals surface area (Å²) < 4.78 is 26.8. The molecule has 26 heavy (non-hydrogen) atoms. The molecular formula is C17H26N4O4S. The Hall–Kier alpha value is -1.97. The standard InChI is InChI=1S/C17H26N4O4S/c1-13(18)7-8-19-17(23)15-3-5-16(6-4-15)26(24,25)21-11-9-20(10-12-21)14(2)22/h3-6,13H,7-12,18H2,1-2H3,(H,19,23). The number of rotatable bonds is 6. The highest BCUT2D eigenvalue weighted by atomic mass is 32.2. The molecule has 0 bridgehead atoms. The quantitative estimate of drug-likeness (QED) is 0.719. The summed E-state index contributed by atoms with van der Waals surface area (Å²) in [5.74, 6) is -0.314. The minimum absolute atomic E-state index is 0.00582. The third-order valence-electron chi connectivity index (χ3n) is 4.32. The van der Waals surface area contributed by atoms with Gasteiger partial charge in [-0.15, -0.1) is 0 Å². The Balaban J connectivity index is 2.00. The van der Waals surface area contributed by atoms with Gasteiger partial charge in [-0.3, -0.25) is 9.59 Å². The van der Waals surface area contributed by atoms with E-state index in [4.69, 9.17) is 5.73 Å². The van der Waals surface area contributed by atoms with Crippen molar-refractivity contribution in [2.24, 2.45) is 5.73 Å². The van der Waals surface area contributed by atoms with E-state index in [1.165, 1.54) is 35.5 Å². The molecule has 1 atom stereocenters. The molecule has 1 unspecified atom stereocenters. The molecule has 8 nitrogen and oxygen atoms in total. The van der Waals surface area contributed by atoms with Crippen LogP contribution in [-0.4, -0.2) is 68.2 Å². The topological polar surface area (TPSA) is 113 Å². The average molecular weight is 382 g/mol. The van der Waals surface area contributed by atoms with Crippen molar-refractivity contribution in [3.63, 3.8) is 0 Å². The van der Waals surface area contributed by atoms with Gasteiger partial charge in [0.25, 0.3) is 5.91 Å². The Morgan fingerprint density at radius 2 is 1.73 bits per heavy atom. The molecule has 144 valence electrons. The lowest BCUT2D eigenvalue weighted by molar-refractivity contribution is -0.129. The summed E-state index contributed by atoms with van der Waals surface area (Å²) in [4.78, 5) is 25.2. The average Bonchev–Trinajstić information content (AvgIpc) is 2.61. The van der Waals surface area contributed by atoms with Gasteiger partial charge in [0, 0.05) is 51.3 Å². The zero-order chi connectivity index (χ0) is 19.3. The van der Waals surface area contributed by atoms with Crippen molar-refractivity contribution in [2.75, 3.05) is 32.7 Å². The van der Waals surface area contributed by atoms with Gasteiger partial charge in [-0.05, 0) is 37.6 Å². The third-order valence-corrected chi connectivity index (χ3v) is 6.24. The summed E-state index contributed by atoms with van der Waals surface area (Å²) in [6, 6.07) is 5.88. The minimum Gasteiger partial charge on any atom is -0.352 e. The van der Waals surface area contributed by atoms with Crippen molar-refractivity contribution in [3.8, 4) is 0 Å². The summed E-state index contributed by atoms with van der Waals surface area (Å²) >= 11 is 0. The molecule has 1 aromatic rings. The van der Waals surface area contributed by atoms with Crippen LogP contribution in [0.5, 0.6) is 0 Å². The first kappa shape index (κ1) is 20.3. The van der Waals surface area contributed by atoms with Gasteiger partial charge in [0.1, 0.15) is 0 Å². The zero-order valence-corrected chi connectivity index (χ0v) is 16.0.